The Labute approximate surface area is 140 Å². The van der Waals surface area contributed by atoms with Crippen LogP contribution >= 0.6 is 0 Å². The predicted molar refractivity (Wildman–Crippen MR) is 92.2 cm³/mol. The minimum absolute atomic E-state index is 0.476. The maximum atomic E-state index is 5.66. The first-order valence-electron chi connectivity index (χ1n) is 7.61. The summed E-state index contributed by atoms with van der Waals surface area (Å²) in [6, 6.07) is 15.6. The number of nitrogens with one attached hydrogen (secondary N) is 1. The number of rotatable bonds is 7. The molecule has 6 nitrogen and oxygen atoms in total. The second-order valence-corrected chi connectivity index (χ2v) is 5.15. The van der Waals surface area contributed by atoms with E-state index in [-0.39, 0.29) is 0 Å². The summed E-state index contributed by atoms with van der Waals surface area (Å²) in [4.78, 5) is 8.09. The second kappa shape index (κ2) is 7.92. The van der Waals surface area contributed by atoms with Gasteiger partial charge in [-0.1, -0.05) is 17.7 Å². The lowest BCUT2D eigenvalue weighted by Gasteiger charge is -2.08. The molecule has 0 aliphatic rings. The number of H-pyrrole nitrogens is 1. The number of nitrogens with zero attached hydrogens (tertiary/aromatic N) is 3. The molecule has 0 atom stereocenters. The summed E-state index contributed by atoms with van der Waals surface area (Å²) in [5, 5.41) is 6.41. The zero-order valence-corrected chi connectivity index (χ0v) is 13.3. The first-order valence-corrected chi connectivity index (χ1v) is 7.61. The van der Waals surface area contributed by atoms with E-state index < -0.39 is 0 Å². The minimum Gasteiger partial charge on any atom is -0.490 e. The molecule has 122 valence electrons. The number of hydrogen-bond acceptors (Lipinski definition) is 5. The molecule has 1 aromatic heterocycles. The fourth-order valence-corrected chi connectivity index (χ4v) is 2.00. The highest BCUT2D eigenvalue weighted by molar-refractivity contribution is 5.81. The van der Waals surface area contributed by atoms with Crippen LogP contribution in [0.4, 0.5) is 5.95 Å². The number of aromatic amines is 1. The van der Waals surface area contributed by atoms with Crippen LogP contribution in [-0.2, 0) is 0 Å². The average Bonchev–Trinajstić information content (AvgIpc) is 3.13. The van der Waals surface area contributed by atoms with Gasteiger partial charge in [0.1, 0.15) is 31.0 Å². The van der Waals surface area contributed by atoms with Crippen LogP contribution in [0, 0.1) is 6.92 Å². The van der Waals surface area contributed by atoms with Crippen molar-refractivity contribution in [3.63, 3.8) is 0 Å². The van der Waals surface area contributed by atoms with Crippen LogP contribution in [-0.4, -0.2) is 34.6 Å². The SMILES string of the molecule is Cc1ccc(OCCOc2ccc(/C=N/c3ncn[nH]3)cc2)cc1. The van der Waals surface area contributed by atoms with Gasteiger partial charge in [0.15, 0.2) is 0 Å². The fraction of sp³-hybridized carbons (Fsp3) is 0.167. The standard InChI is InChI=1S/C18H18N4O2/c1-14-2-6-16(7-3-14)23-10-11-24-17-8-4-15(5-9-17)12-19-18-20-13-21-22-18/h2-9,12-13H,10-11H2,1H3,(H,20,21,22)/b19-12+. The fourth-order valence-electron chi connectivity index (χ4n) is 2.00. The summed E-state index contributed by atoms with van der Waals surface area (Å²) in [5.41, 5.74) is 2.17. The Bertz CT molecular complexity index is 766. The number of aromatic nitrogens is 3. The van der Waals surface area contributed by atoms with Crippen molar-refractivity contribution in [2.45, 2.75) is 6.92 Å². The molecule has 0 fully saturated rings. The van der Waals surface area contributed by atoms with E-state index in [1.54, 1.807) is 6.21 Å². The van der Waals surface area contributed by atoms with E-state index in [0.29, 0.717) is 19.2 Å². The average molecular weight is 322 g/mol. The minimum atomic E-state index is 0.476. The van der Waals surface area contributed by atoms with Crippen molar-refractivity contribution in [3.05, 3.63) is 66.0 Å². The molecule has 0 amide bonds. The maximum Gasteiger partial charge on any atom is 0.245 e. The molecule has 24 heavy (non-hydrogen) atoms. The molecule has 3 aromatic rings. The summed E-state index contributed by atoms with van der Waals surface area (Å²) >= 11 is 0. The van der Waals surface area contributed by atoms with E-state index in [9.17, 15) is 0 Å². The van der Waals surface area contributed by atoms with Gasteiger partial charge in [0.05, 0.1) is 0 Å². The Hall–Kier alpha value is -3.15. The first kappa shape index (κ1) is 15.7. The summed E-state index contributed by atoms with van der Waals surface area (Å²) in [6.07, 6.45) is 3.13. The highest BCUT2D eigenvalue weighted by atomic mass is 16.5. The van der Waals surface area contributed by atoms with Crippen molar-refractivity contribution in [3.8, 4) is 11.5 Å². The lowest BCUT2D eigenvalue weighted by molar-refractivity contribution is 0.217. The quantitative estimate of drug-likeness (QED) is 0.535. The molecular weight excluding hydrogens is 304 g/mol. The largest absolute Gasteiger partial charge is 0.490 e. The predicted octanol–water partition coefficient (Wildman–Crippen LogP) is 3.32. The molecule has 0 saturated heterocycles. The van der Waals surface area contributed by atoms with Crippen molar-refractivity contribution < 1.29 is 9.47 Å². The number of aliphatic imine (C=N–C) groups is 1. The third-order valence-electron chi connectivity index (χ3n) is 3.26. The Morgan fingerprint density at radius 3 is 2.17 bits per heavy atom. The summed E-state index contributed by atoms with van der Waals surface area (Å²) in [5.74, 6) is 2.12. The van der Waals surface area contributed by atoms with Crippen LogP contribution in [0.25, 0.3) is 0 Å². The monoisotopic (exact) mass is 322 g/mol. The van der Waals surface area contributed by atoms with Gasteiger partial charge >= 0.3 is 0 Å². The van der Waals surface area contributed by atoms with Gasteiger partial charge in [-0.2, -0.15) is 10.1 Å². The number of benzene rings is 2. The van der Waals surface area contributed by atoms with Crippen LogP contribution in [0.15, 0.2) is 59.9 Å². The highest BCUT2D eigenvalue weighted by Gasteiger charge is 1.97. The van der Waals surface area contributed by atoms with E-state index in [1.807, 2.05) is 55.5 Å². The summed E-state index contributed by atoms with van der Waals surface area (Å²) in [7, 11) is 0. The van der Waals surface area contributed by atoms with Crippen molar-refractivity contribution >= 4 is 12.2 Å². The second-order valence-electron chi connectivity index (χ2n) is 5.15. The van der Waals surface area contributed by atoms with E-state index >= 15 is 0 Å². The van der Waals surface area contributed by atoms with E-state index in [4.69, 9.17) is 9.47 Å². The van der Waals surface area contributed by atoms with E-state index in [1.165, 1.54) is 11.9 Å². The molecule has 0 spiro atoms. The molecular formula is C18H18N4O2. The molecule has 0 radical (unpaired) electrons. The van der Waals surface area contributed by atoms with Crippen LogP contribution in [0.5, 0.6) is 11.5 Å². The molecule has 0 unspecified atom stereocenters. The molecule has 0 aliphatic carbocycles. The molecule has 1 heterocycles. The lowest BCUT2D eigenvalue weighted by atomic mass is 10.2. The summed E-state index contributed by atoms with van der Waals surface area (Å²) in [6.45, 7) is 3.03. The van der Waals surface area contributed by atoms with Gasteiger partial charge < -0.3 is 9.47 Å². The molecule has 3 rings (SSSR count). The topological polar surface area (TPSA) is 72.4 Å². The van der Waals surface area contributed by atoms with Gasteiger partial charge in [-0.3, -0.25) is 0 Å². The third-order valence-corrected chi connectivity index (χ3v) is 3.26. The van der Waals surface area contributed by atoms with Crippen LogP contribution in [0.2, 0.25) is 0 Å². The van der Waals surface area contributed by atoms with Crippen molar-refractivity contribution in [2.75, 3.05) is 13.2 Å². The lowest BCUT2D eigenvalue weighted by Crippen LogP contribution is -2.08. The number of aryl methyl sites for hydroxylation is 1. The highest BCUT2D eigenvalue weighted by Crippen LogP contribution is 2.13. The molecule has 0 bridgehead atoms. The Morgan fingerprint density at radius 2 is 1.58 bits per heavy atom. The normalized spacial score (nSPS) is 10.9. The Kier molecular flexibility index (Phi) is 5.19. The molecule has 1 N–H and O–H groups in total. The van der Waals surface area contributed by atoms with Crippen molar-refractivity contribution in [2.24, 2.45) is 4.99 Å². The maximum absolute atomic E-state index is 5.66. The van der Waals surface area contributed by atoms with Gasteiger partial charge in [0.2, 0.25) is 5.95 Å². The van der Waals surface area contributed by atoms with Crippen molar-refractivity contribution in [1.82, 2.24) is 15.2 Å². The van der Waals surface area contributed by atoms with Gasteiger partial charge in [0, 0.05) is 6.21 Å². The smallest absolute Gasteiger partial charge is 0.245 e. The van der Waals surface area contributed by atoms with Gasteiger partial charge in [0.25, 0.3) is 0 Å². The van der Waals surface area contributed by atoms with Gasteiger partial charge in [-0.05, 0) is 48.9 Å². The Balaban J connectivity index is 1.43. The van der Waals surface area contributed by atoms with E-state index in [0.717, 1.165) is 17.1 Å². The van der Waals surface area contributed by atoms with Crippen LogP contribution in [0.3, 0.4) is 0 Å². The molecule has 0 aliphatic heterocycles. The van der Waals surface area contributed by atoms with Crippen LogP contribution < -0.4 is 9.47 Å². The van der Waals surface area contributed by atoms with Crippen molar-refractivity contribution in [1.29, 1.82) is 0 Å². The molecule has 6 heteroatoms. The zero-order chi connectivity index (χ0) is 16.6. The molecule has 2 aromatic carbocycles. The number of hydrogen-bond donors (Lipinski definition) is 1. The number of ether oxygens (including phenoxy) is 2. The summed E-state index contributed by atoms with van der Waals surface area (Å²) < 4.78 is 11.3. The van der Waals surface area contributed by atoms with Gasteiger partial charge in [-0.15, -0.1) is 0 Å². The van der Waals surface area contributed by atoms with Crippen LogP contribution in [0.1, 0.15) is 11.1 Å². The third kappa shape index (κ3) is 4.67. The van der Waals surface area contributed by atoms with Gasteiger partial charge in [-0.25, -0.2) is 10.1 Å². The van der Waals surface area contributed by atoms with E-state index in [2.05, 4.69) is 20.2 Å². The molecule has 0 saturated carbocycles. The first-order chi connectivity index (χ1) is 11.8. The zero-order valence-electron chi connectivity index (χ0n) is 13.3. The Morgan fingerprint density at radius 1 is 0.958 bits per heavy atom.